The van der Waals surface area contributed by atoms with Crippen LogP contribution in [0.1, 0.15) is 44.1 Å². The molecule has 102 valence electrons. The van der Waals surface area contributed by atoms with Crippen molar-refractivity contribution >= 4 is 27.4 Å². The minimum Gasteiger partial charge on any atom is -0.369 e. The number of thiophene rings is 1. The second kappa shape index (κ2) is 5.87. The van der Waals surface area contributed by atoms with Crippen LogP contribution >= 0.6 is 11.3 Å². The van der Waals surface area contributed by atoms with Crippen molar-refractivity contribution in [2.75, 3.05) is 11.9 Å². The molecule has 4 heteroatoms. The number of rotatable bonds is 5. The third kappa shape index (κ3) is 2.89. The first-order valence-corrected chi connectivity index (χ1v) is 8.15. The van der Waals surface area contributed by atoms with Gasteiger partial charge in [0.1, 0.15) is 12.1 Å². The highest BCUT2D eigenvalue weighted by Crippen LogP contribution is 2.30. The van der Waals surface area contributed by atoms with Crippen LogP contribution in [0, 0.1) is 12.8 Å². The van der Waals surface area contributed by atoms with Crippen LogP contribution in [0.4, 0.5) is 5.82 Å². The maximum Gasteiger partial charge on any atom is 0.147 e. The fourth-order valence-corrected chi connectivity index (χ4v) is 3.96. The molecule has 1 fully saturated rings. The van der Waals surface area contributed by atoms with Crippen LogP contribution in [-0.4, -0.2) is 16.5 Å². The molecule has 0 atom stereocenters. The monoisotopic (exact) mass is 275 g/mol. The maximum atomic E-state index is 4.38. The van der Waals surface area contributed by atoms with E-state index in [2.05, 4.69) is 27.6 Å². The Morgan fingerprint density at radius 2 is 2.16 bits per heavy atom. The van der Waals surface area contributed by atoms with Crippen molar-refractivity contribution in [1.82, 2.24) is 9.97 Å². The van der Waals surface area contributed by atoms with Crippen LogP contribution in [-0.2, 0) is 0 Å². The van der Waals surface area contributed by atoms with E-state index in [0.717, 1.165) is 23.8 Å². The van der Waals surface area contributed by atoms with E-state index in [1.807, 2.05) is 0 Å². The van der Waals surface area contributed by atoms with E-state index < -0.39 is 0 Å². The van der Waals surface area contributed by atoms with E-state index in [-0.39, 0.29) is 0 Å². The molecule has 2 aromatic rings. The molecule has 1 aliphatic rings. The van der Waals surface area contributed by atoms with Crippen LogP contribution in [0.2, 0.25) is 0 Å². The Kier molecular flexibility index (Phi) is 3.97. The second-order valence-corrected chi connectivity index (χ2v) is 6.42. The highest BCUT2D eigenvalue weighted by atomic mass is 32.1. The average molecular weight is 275 g/mol. The molecule has 0 amide bonds. The Labute approximate surface area is 118 Å². The summed E-state index contributed by atoms with van der Waals surface area (Å²) in [4.78, 5) is 8.73. The predicted molar refractivity (Wildman–Crippen MR) is 81.8 cm³/mol. The zero-order chi connectivity index (χ0) is 13.1. The van der Waals surface area contributed by atoms with Gasteiger partial charge in [-0.2, -0.15) is 0 Å². The van der Waals surface area contributed by atoms with E-state index in [4.69, 9.17) is 0 Å². The Hall–Kier alpha value is -1.16. The minimum absolute atomic E-state index is 0.983. The molecule has 0 spiro atoms. The smallest absolute Gasteiger partial charge is 0.147 e. The van der Waals surface area contributed by atoms with Crippen molar-refractivity contribution in [3.8, 4) is 0 Å². The number of hydrogen-bond acceptors (Lipinski definition) is 4. The molecular formula is C15H21N3S. The lowest BCUT2D eigenvalue weighted by Crippen LogP contribution is -2.05. The molecule has 1 N–H and O–H groups in total. The number of fused-ring (bicyclic) bond motifs is 1. The lowest BCUT2D eigenvalue weighted by atomic mass is 10.0. The molecule has 3 rings (SSSR count). The summed E-state index contributed by atoms with van der Waals surface area (Å²) in [6.45, 7) is 3.13. The van der Waals surface area contributed by atoms with Gasteiger partial charge in [0.15, 0.2) is 0 Å². The van der Waals surface area contributed by atoms with E-state index in [1.54, 1.807) is 17.7 Å². The first kappa shape index (κ1) is 12.9. The first-order valence-electron chi connectivity index (χ1n) is 7.27. The van der Waals surface area contributed by atoms with Crippen LogP contribution in [0.3, 0.4) is 0 Å². The Balaban J connectivity index is 1.56. The van der Waals surface area contributed by atoms with Crippen molar-refractivity contribution in [1.29, 1.82) is 0 Å². The van der Waals surface area contributed by atoms with Gasteiger partial charge >= 0.3 is 0 Å². The second-order valence-electron chi connectivity index (χ2n) is 5.54. The lowest BCUT2D eigenvalue weighted by molar-refractivity contribution is 0.491. The summed E-state index contributed by atoms with van der Waals surface area (Å²) in [6, 6.07) is 0. The van der Waals surface area contributed by atoms with Gasteiger partial charge < -0.3 is 5.32 Å². The Bertz CT molecular complexity index is 543. The fourth-order valence-electron chi connectivity index (χ4n) is 2.99. The summed E-state index contributed by atoms with van der Waals surface area (Å²) < 4.78 is 1.20. The number of aryl methyl sites for hydroxylation is 1. The van der Waals surface area contributed by atoms with Crippen molar-refractivity contribution in [2.45, 2.75) is 45.4 Å². The van der Waals surface area contributed by atoms with E-state index in [1.165, 1.54) is 48.8 Å². The number of anilines is 1. The zero-order valence-corrected chi connectivity index (χ0v) is 12.3. The van der Waals surface area contributed by atoms with Gasteiger partial charge in [-0.3, -0.25) is 0 Å². The van der Waals surface area contributed by atoms with Gasteiger partial charge in [0.25, 0.3) is 0 Å². The van der Waals surface area contributed by atoms with Crippen molar-refractivity contribution in [3.63, 3.8) is 0 Å². The van der Waals surface area contributed by atoms with Gasteiger partial charge in [0, 0.05) is 6.54 Å². The molecule has 3 nitrogen and oxygen atoms in total. The standard InChI is InChI=1S/C15H21N3S/c1-11-9-19-14-13(11)17-10-18-15(14)16-8-4-7-12-5-2-3-6-12/h9-10,12H,2-8H2,1H3,(H,16,17,18). The van der Waals surface area contributed by atoms with Gasteiger partial charge in [-0.25, -0.2) is 9.97 Å². The van der Waals surface area contributed by atoms with Crippen LogP contribution in [0.15, 0.2) is 11.7 Å². The molecule has 2 heterocycles. The molecule has 0 aliphatic heterocycles. The molecule has 0 saturated heterocycles. The quantitative estimate of drug-likeness (QED) is 0.823. The summed E-state index contributed by atoms with van der Waals surface area (Å²) >= 11 is 1.74. The Morgan fingerprint density at radius 1 is 1.32 bits per heavy atom. The van der Waals surface area contributed by atoms with Crippen molar-refractivity contribution in [3.05, 3.63) is 17.3 Å². The highest BCUT2D eigenvalue weighted by molar-refractivity contribution is 7.18. The molecule has 1 aliphatic carbocycles. The van der Waals surface area contributed by atoms with Gasteiger partial charge in [0.05, 0.1) is 10.2 Å². The van der Waals surface area contributed by atoms with Gasteiger partial charge in [0.2, 0.25) is 0 Å². The third-order valence-corrected chi connectivity index (χ3v) is 5.18. The predicted octanol–water partition coefficient (Wildman–Crippen LogP) is 4.38. The maximum absolute atomic E-state index is 4.38. The van der Waals surface area contributed by atoms with Crippen molar-refractivity contribution in [2.24, 2.45) is 5.92 Å². The first-order chi connectivity index (χ1) is 9.34. The summed E-state index contributed by atoms with van der Waals surface area (Å²) in [5, 5.41) is 5.64. The average Bonchev–Trinajstić information content (AvgIpc) is 3.06. The normalized spacial score (nSPS) is 16.3. The lowest BCUT2D eigenvalue weighted by Gasteiger charge is -2.09. The molecule has 0 unspecified atom stereocenters. The Morgan fingerprint density at radius 3 is 3.00 bits per heavy atom. The molecule has 1 saturated carbocycles. The molecule has 2 aromatic heterocycles. The van der Waals surface area contributed by atoms with E-state index in [0.29, 0.717) is 0 Å². The molecular weight excluding hydrogens is 254 g/mol. The summed E-state index contributed by atoms with van der Waals surface area (Å²) in [6.07, 6.45) is 10.1. The third-order valence-electron chi connectivity index (χ3n) is 4.09. The number of nitrogens with one attached hydrogen (secondary N) is 1. The minimum atomic E-state index is 0.983. The molecule has 0 aromatic carbocycles. The van der Waals surface area contributed by atoms with Crippen LogP contribution < -0.4 is 5.32 Å². The number of aromatic nitrogens is 2. The summed E-state index contributed by atoms with van der Waals surface area (Å²) in [7, 11) is 0. The van der Waals surface area contributed by atoms with E-state index in [9.17, 15) is 0 Å². The zero-order valence-electron chi connectivity index (χ0n) is 11.5. The largest absolute Gasteiger partial charge is 0.369 e. The van der Waals surface area contributed by atoms with Crippen molar-refractivity contribution < 1.29 is 0 Å². The summed E-state index contributed by atoms with van der Waals surface area (Å²) in [5.74, 6) is 1.99. The topological polar surface area (TPSA) is 37.8 Å². The van der Waals surface area contributed by atoms with Gasteiger partial charge in [-0.05, 0) is 36.6 Å². The molecule has 0 bridgehead atoms. The molecule has 19 heavy (non-hydrogen) atoms. The SMILES string of the molecule is Cc1csc2c(NCCCC3CCCC3)ncnc12. The van der Waals surface area contributed by atoms with Gasteiger partial charge in [-0.15, -0.1) is 11.3 Å². The molecule has 0 radical (unpaired) electrons. The van der Waals surface area contributed by atoms with Crippen LogP contribution in [0.5, 0.6) is 0 Å². The number of hydrogen-bond donors (Lipinski definition) is 1. The fraction of sp³-hybridized carbons (Fsp3) is 0.600. The van der Waals surface area contributed by atoms with Gasteiger partial charge in [-0.1, -0.05) is 25.7 Å². The summed E-state index contributed by atoms with van der Waals surface area (Å²) in [5.41, 5.74) is 2.34. The van der Waals surface area contributed by atoms with Crippen LogP contribution in [0.25, 0.3) is 10.2 Å². The number of nitrogens with zero attached hydrogens (tertiary/aromatic N) is 2. The van der Waals surface area contributed by atoms with E-state index >= 15 is 0 Å². The highest BCUT2D eigenvalue weighted by Gasteiger charge is 2.14.